The van der Waals surface area contributed by atoms with Gasteiger partial charge in [0.1, 0.15) is 5.69 Å². The third kappa shape index (κ3) is 3.25. The molecule has 4 rings (SSSR count). The topological polar surface area (TPSA) is 57.2 Å². The Morgan fingerprint density at radius 1 is 0.929 bits per heavy atom. The number of nitrogens with zero attached hydrogens (tertiary/aromatic N) is 1. The van der Waals surface area contributed by atoms with Gasteiger partial charge in [0.2, 0.25) is 0 Å². The maximum absolute atomic E-state index is 13.0. The van der Waals surface area contributed by atoms with Crippen LogP contribution in [0.15, 0.2) is 78.9 Å². The number of ether oxygens (including phenoxy) is 1. The maximum Gasteiger partial charge on any atom is 0.355 e. The number of carbonyl (C=O) groups is 1. The van der Waals surface area contributed by atoms with Crippen molar-refractivity contribution in [3.05, 3.63) is 90.1 Å². The molecule has 4 nitrogen and oxygen atoms in total. The number of aromatic nitrogens is 1. The fraction of sp³-hybridized carbons (Fsp3) is 0.125. The Morgan fingerprint density at radius 2 is 1.61 bits per heavy atom. The molecule has 0 bridgehead atoms. The van der Waals surface area contributed by atoms with Gasteiger partial charge in [-0.05, 0) is 36.2 Å². The molecular weight excluding hydrogens is 348 g/mol. The monoisotopic (exact) mass is 370 g/mol. The molecule has 0 atom stereocenters. The van der Waals surface area contributed by atoms with Crippen molar-refractivity contribution in [1.29, 1.82) is 0 Å². The number of anilines is 1. The van der Waals surface area contributed by atoms with Gasteiger partial charge in [-0.1, -0.05) is 60.7 Å². The Bertz CT molecular complexity index is 1110. The smallest absolute Gasteiger partial charge is 0.355 e. The van der Waals surface area contributed by atoms with Crippen LogP contribution in [0.2, 0.25) is 0 Å². The van der Waals surface area contributed by atoms with Crippen LogP contribution in [0.25, 0.3) is 22.0 Å². The summed E-state index contributed by atoms with van der Waals surface area (Å²) >= 11 is 0. The number of para-hydroxylation sites is 1. The van der Waals surface area contributed by atoms with E-state index in [0.29, 0.717) is 18.8 Å². The first-order valence-electron chi connectivity index (χ1n) is 9.37. The highest BCUT2D eigenvalue weighted by Crippen LogP contribution is 2.36. The molecule has 0 spiro atoms. The van der Waals surface area contributed by atoms with E-state index in [0.717, 1.165) is 33.3 Å². The van der Waals surface area contributed by atoms with Gasteiger partial charge in [-0.3, -0.25) is 0 Å². The fourth-order valence-corrected chi connectivity index (χ4v) is 3.58. The highest BCUT2D eigenvalue weighted by Gasteiger charge is 2.24. The lowest BCUT2D eigenvalue weighted by atomic mass is 10.0. The van der Waals surface area contributed by atoms with Gasteiger partial charge in [0.25, 0.3) is 0 Å². The van der Waals surface area contributed by atoms with Crippen molar-refractivity contribution in [3.8, 4) is 11.1 Å². The predicted octanol–water partition coefficient (Wildman–Crippen LogP) is 5.12. The Labute approximate surface area is 164 Å². The second-order valence-electron chi connectivity index (χ2n) is 6.65. The predicted molar refractivity (Wildman–Crippen MR) is 113 cm³/mol. The lowest BCUT2D eigenvalue weighted by molar-refractivity contribution is 0.0516. The van der Waals surface area contributed by atoms with Crippen molar-refractivity contribution in [3.63, 3.8) is 0 Å². The Hall–Kier alpha value is -3.53. The van der Waals surface area contributed by atoms with Crippen molar-refractivity contribution >= 4 is 22.6 Å². The Morgan fingerprint density at radius 3 is 2.32 bits per heavy atom. The summed E-state index contributed by atoms with van der Waals surface area (Å²) in [6.07, 6.45) is 0. The van der Waals surface area contributed by atoms with E-state index in [2.05, 4.69) is 6.07 Å². The summed E-state index contributed by atoms with van der Waals surface area (Å²) < 4.78 is 7.48. The summed E-state index contributed by atoms with van der Waals surface area (Å²) in [6.45, 7) is 2.71. The number of carbonyl (C=O) groups excluding carboxylic acids is 1. The van der Waals surface area contributed by atoms with Crippen LogP contribution in [0, 0.1) is 0 Å². The summed E-state index contributed by atoms with van der Waals surface area (Å²) in [5.74, 6) is -0.312. The van der Waals surface area contributed by atoms with Crippen LogP contribution in [-0.4, -0.2) is 17.1 Å². The average Bonchev–Trinajstić information content (AvgIpc) is 3.05. The largest absolute Gasteiger partial charge is 0.461 e. The molecule has 4 aromatic rings. The van der Waals surface area contributed by atoms with Crippen molar-refractivity contribution in [2.75, 3.05) is 12.3 Å². The van der Waals surface area contributed by atoms with E-state index in [1.807, 2.05) is 84.3 Å². The van der Waals surface area contributed by atoms with E-state index in [1.54, 1.807) is 0 Å². The molecule has 0 amide bonds. The lowest BCUT2D eigenvalue weighted by Gasteiger charge is -2.12. The number of hydrogen-bond acceptors (Lipinski definition) is 3. The Balaban J connectivity index is 1.98. The van der Waals surface area contributed by atoms with Gasteiger partial charge < -0.3 is 15.0 Å². The fourth-order valence-electron chi connectivity index (χ4n) is 3.58. The van der Waals surface area contributed by atoms with Gasteiger partial charge in [-0.15, -0.1) is 0 Å². The highest BCUT2D eigenvalue weighted by molar-refractivity contribution is 6.08. The Kier molecular flexibility index (Phi) is 4.85. The second-order valence-corrected chi connectivity index (χ2v) is 6.65. The van der Waals surface area contributed by atoms with Gasteiger partial charge in [-0.25, -0.2) is 4.79 Å². The summed E-state index contributed by atoms with van der Waals surface area (Å²) in [5.41, 5.74) is 11.1. The molecule has 28 heavy (non-hydrogen) atoms. The molecule has 140 valence electrons. The second kappa shape index (κ2) is 7.61. The summed E-state index contributed by atoms with van der Waals surface area (Å²) in [7, 11) is 0. The number of benzene rings is 3. The van der Waals surface area contributed by atoms with Gasteiger partial charge in [-0.2, -0.15) is 0 Å². The maximum atomic E-state index is 13.0. The van der Waals surface area contributed by atoms with Crippen molar-refractivity contribution in [1.82, 2.24) is 4.57 Å². The first kappa shape index (κ1) is 17.9. The summed E-state index contributed by atoms with van der Waals surface area (Å²) in [4.78, 5) is 13.0. The molecule has 1 aromatic heterocycles. The van der Waals surface area contributed by atoms with Gasteiger partial charge in [0.15, 0.2) is 0 Å². The number of esters is 1. The molecular formula is C24H22N2O2. The summed E-state index contributed by atoms with van der Waals surface area (Å²) in [6, 6.07) is 25.8. The van der Waals surface area contributed by atoms with E-state index in [9.17, 15) is 4.79 Å². The van der Waals surface area contributed by atoms with E-state index in [-0.39, 0.29) is 5.97 Å². The molecule has 4 heteroatoms. The van der Waals surface area contributed by atoms with Crippen LogP contribution in [0.3, 0.4) is 0 Å². The summed E-state index contributed by atoms with van der Waals surface area (Å²) in [5, 5.41) is 1.03. The van der Waals surface area contributed by atoms with E-state index in [4.69, 9.17) is 10.5 Å². The first-order chi connectivity index (χ1) is 13.7. The number of nitrogen functional groups attached to an aromatic ring is 1. The molecule has 2 N–H and O–H groups in total. The normalized spacial score (nSPS) is 10.9. The minimum absolute atomic E-state index is 0.312. The van der Waals surface area contributed by atoms with Crippen molar-refractivity contribution in [2.45, 2.75) is 13.5 Å². The van der Waals surface area contributed by atoms with Crippen LogP contribution >= 0.6 is 0 Å². The molecule has 3 aromatic carbocycles. The molecule has 1 heterocycles. The molecule has 0 fully saturated rings. The lowest BCUT2D eigenvalue weighted by Crippen LogP contribution is -2.14. The van der Waals surface area contributed by atoms with Crippen LogP contribution in [0.4, 0.5) is 5.69 Å². The van der Waals surface area contributed by atoms with Gasteiger partial charge in [0, 0.05) is 28.7 Å². The third-order valence-corrected chi connectivity index (χ3v) is 4.82. The quantitative estimate of drug-likeness (QED) is 0.392. The zero-order valence-corrected chi connectivity index (χ0v) is 15.8. The molecule has 0 aliphatic carbocycles. The van der Waals surface area contributed by atoms with Crippen molar-refractivity contribution in [2.24, 2.45) is 0 Å². The van der Waals surface area contributed by atoms with Gasteiger partial charge >= 0.3 is 5.97 Å². The van der Waals surface area contributed by atoms with Crippen LogP contribution in [-0.2, 0) is 11.3 Å². The zero-order valence-electron chi connectivity index (χ0n) is 15.8. The van der Waals surface area contributed by atoms with Crippen LogP contribution < -0.4 is 5.73 Å². The van der Waals surface area contributed by atoms with E-state index < -0.39 is 0 Å². The standard InChI is InChI=1S/C24H22N2O2/c1-2-28-24(27)23-22(18-8-4-3-5-9-18)20-10-6-7-11-21(20)26(23)16-17-12-14-19(25)15-13-17/h3-15H,2,16,25H2,1H3. The number of fused-ring (bicyclic) bond motifs is 1. The molecule has 0 aliphatic rings. The van der Waals surface area contributed by atoms with Crippen molar-refractivity contribution < 1.29 is 9.53 Å². The van der Waals surface area contributed by atoms with E-state index in [1.165, 1.54) is 0 Å². The minimum Gasteiger partial charge on any atom is -0.461 e. The first-order valence-corrected chi connectivity index (χ1v) is 9.37. The van der Waals surface area contributed by atoms with Crippen LogP contribution in [0.1, 0.15) is 23.0 Å². The molecule has 0 saturated heterocycles. The van der Waals surface area contributed by atoms with Crippen LogP contribution in [0.5, 0.6) is 0 Å². The zero-order chi connectivity index (χ0) is 19.5. The molecule has 0 radical (unpaired) electrons. The SMILES string of the molecule is CCOC(=O)c1c(-c2ccccc2)c2ccccc2n1Cc1ccc(N)cc1. The number of rotatable bonds is 5. The number of nitrogens with two attached hydrogens (primary N) is 1. The highest BCUT2D eigenvalue weighted by atomic mass is 16.5. The molecule has 0 unspecified atom stereocenters. The number of hydrogen-bond donors (Lipinski definition) is 1. The molecule has 0 aliphatic heterocycles. The third-order valence-electron chi connectivity index (χ3n) is 4.82. The molecule has 0 saturated carbocycles. The van der Waals surface area contributed by atoms with E-state index >= 15 is 0 Å². The average molecular weight is 370 g/mol. The van der Waals surface area contributed by atoms with Gasteiger partial charge in [0.05, 0.1) is 6.61 Å². The minimum atomic E-state index is -0.312.